The van der Waals surface area contributed by atoms with Crippen molar-refractivity contribution in [3.05, 3.63) is 54.2 Å². The van der Waals surface area contributed by atoms with Gasteiger partial charge in [-0.25, -0.2) is 9.97 Å². The highest BCUT2D eigenvalue weighted by atomic mass is 16.1. The van der Waals surface area contributed by atoms with Crippen LogP contribution in [0.3, 0.4) is 0 Å². The molecule has 1 aliphatic heterocycles. The zero-order valence-corrected chi connectivity index (χ0v) is 15.9. The van der Waals surface area contributed by atoms with E-state index in [9.17, 15) is 4.79 Å². The van der Waals surface area contributed by atoms with Gasteiger partial charge in [0.05, 0.1) is 17.3 Å². The predicted octanol–water partition coefficient (Wildman–Crippen LogP) is 3.05. The van der Waals surface area contributed by atoms with E-state index in [4.69, 9.17) is 0 Å². The highest BCUT2D eigenvalue weighted by molar-refractivity contribution is 6.03. The fourth-order valence-electron chi connectivity index (χ4n) is 3.91. The van der Waals surface area contributed by atoms with Crippen LogP contribution in [0.25, 0.3) is 33.4 Å². The first-order valence-electron chi connectivity index (χ1n) is 9.18. The molecule has 1 amide bonds. The third-order valence-corrected chi connectivity index (χ3v) is 5.44. The van der Waals surface area contributed by atoms with Gasteiger partial charge in [0.2, 0.25) is 0 Å². The van der Waals surface area contributed by atoms with Gasteiger partial charge in [-0.15, -0.1) is 0 Å². The van der Waals surface area contributed by atoms with Gasteiger partial charge in [0.25, 0.3) is 5.91 Å². The highest BCUT2D eigenvalue weighted by Crippen LogP contribution is 2.37. The lowest BCUT2D eigenvalue weighted by atomic mass is 9.78. The summed E-state index contributed by atoms with van der Waals surface area (Å²) in [5.74, 6) is -0.0146. The molecule has 140 valence electrons. The lowest BCUT2D eigenvalue weighted by Crippen LogP contribution is -2.43. The highest BCUT2D eigenvalue weighted by Gasteiger charge is 2.32. The predicted molar refractivity (Wildman–Crippen MR) is 107 cm³/mol. The maximum Gasteiger partial charge on any atom is 0.251 e. The molecule has 0 fully saturated rings. The second-order valence-corrected chi connectivity index (χ2v) is 7.88. The monoisotopic (exact) mass is 372 g/mol. The summed E-state index contributed by atoms with van der Waals surface area (Å²) in [4.78, 5) is 24.5. The summed E-state index contributed by atoms with van der Waals surface area (Å²) in [5.41, 5.74) is 6.27. The Balaban J connectivity index is 1.74. The maximum absolute atomic E-state index is 12.3. The van der Waals surface area contributed by atoms with E-state index in [1.165, 1.54) is 0 Å². The molecule has 2 N–H and O–H groups in total. The van der Waals surface area contributed by atoms with Crippen LogP contribution in [0.1, 0.15) is 29.8 Å². The number of fused-ring (bicyclic) bond motifs is 2. The minimum Gasteiger partial charge on any atom is -0.351 e. The first-order valence-corrected chi connectivity index (χ1v) is 9.18. The average molecular weight is 372 g/mol. The summed E-state index contributed by atoms with van der Waals surface area (Å²) in [6.45, 7) is 4.92. The van der Waals surface area contributed by atoms with Crippen LogP contribution < -0.4 is 5.32 Å². The maximum atomic E-state index is 12.3. The molecule has 1 aromatic carbocycles. The second-order valence-electron chi connectivity index (χ2n) is 7.88. The molecule has 0 aliphatic carbocycles. The molecule has 5 rings (SSSR count). The normalized spacial score (nSPS) is 15.5. The summed E-state index contributed by atoms with van der Waals surface area (Å²) in [7, 11) is 1.89. The summed E-state index contributed by atoms with van der Waals surface area (Å²) in [6, 6.07) is 6.02. The smallest absolute Gasteiger partial charge is 0.251 e. The Bertz CT molecular complexity index is 1230. The van der Waals surface area contributed by atoms with Crippen molar-refractivity contribution in [1.82, 2.24) is 30.0 Å². The number of nitrogens with one attached hydrogen (secondary N) is 2. The molecule has 0 saturated heterocycles. The average Bonchev–Trinajstić information content (AvgIpc) is 3.31. The number of H-pyrrole nitrogens is 1. The van der Waals surface area contributed by atoms with Crippen molar-refractivity contribution in [2.45, 2.75) is 19.3 Å². The number of carbonyl (C=O) groups excluding carboxylic acids is 1. The molecular formula is C21H20N6O. The standard InChI is InChI=1S/C21H20N6O/c1-21(2)10-23-20(28)14-5-4-12(6-16(14)21)15-8-22-19-17(15)18(24-11-25-19)13-7-26-27(3)9-13/h4-9,11H,10H2,1-3H3,(H,23,28)(H,22,24,25). The minimum absolute atomic E-state index is 0.0146. The molecule has 1 aliphatic rings. The first kappa shape index (κ1) is 16.7. The lowest BCUT2D eigenvalue weighted by molar-refractivity contribution is 0.0930. The van der Waals surface area contributed by atoms with Crippen molar-refractivity contribution in [3.8, 4) is 22.4 Å². The van der Waals surface area contributed by atoms with E-state index < -0.39 is 0 Å². The molecular weight excluding hydrogens is 352 g/mol. The van der Waals surface area contributed by atoms with Gasteiger partial charge in [0.15, 0.2) is 0 Å². The number of benzene rings is 1. The minimum atomic E-state index is -0.131. The second kappa shape index (κ2) is 5.76. The van der Waals surface area contributed by atoms with E-state index in [-0.39, 0.29) is 11.3 Å². The van der Waals surface area contributed by atoms with E-state index in [0.29, 0.717) is 6.54 Å². The third-order valence-electron chi connectivity index (χ3n) is 5.44. The molecule has 7 nitrogen and oxygen atoms in total. The number of hydrogen-bond acceptors (Lipinski definition) is 4. The zero-order valence-electron chi connectivity index (χ0n) is 15.9. The summed E-state index contributed by atoms with van der Waals surface area (Å²) < 4.78 is 1.76. The number of rotatable bonds is 2. The topological polar surface area (TPSA) is 88.5 Å². The van der Waals surface area contributed by atoms with Crippen molar-refractivity contribution in [2.24, 2.45) is 7.05 Å². The number of aryl methyl sites for hydroxylation is 1. The van der Waals surface area contributed by atoms with E-state index in [1.807, 2.05) is 31.6 Å². The Morgan fingerprint density at radius 3 is 2.79 bits per heavy atom. The van der Waals surface area contributed by atoms with Crippen LogP contribution in [-0.2, 0) is 12.5 Å². The number of hydrogen-bond donors (Lipinski definition) is 2. The molecule has 0 radical (unpaired) electrons. The fraction of sp³-hybridized carbons (Fsp3) is 0.238. The zero-order chi connectivity index (χ0) is 19.5. The lowest BCUT2D eigenvalue weighted by Gasteiger charge is -2.32. The van der Waals surface area contributed by atoms with E-state index >= 15 is 0 Å². The Morgan fingerprint density at radius 2 is 2.00 bits per heavy atom. The van der Waals surface area contributed by atoms with E-state index in [0.717, 1.165) is 44.5 Å². The van der Waals surface area contributed by atoms with Crippen LogP contribution in [0.2, 0.25) is 0 Å². The molecule has 0 saturated carbocycles. The molecule has 0 bridgehead atoms. The molecule has 7 heteroatoms. The van der Waals surface area contributed by atoms with Crippen molar-refractivity contribution >= 4 is 16.9 Å². The Labute approximate surface area is 161 Å². The van der Waals surface area contributed by atoms with Crippen molar-refractivity contribution in [1.29, 1.82) is 0 Å². The van der Waals surface area contributed by atoms with Gasteiger partial charge < -0.3 is 10.3 Å². The van der Waals surface area contributed by atoms with E-state index in [1.54, 1.807) is 17.2 Å². The van der Waals surface area contributed by atoms with Gasteiger partial charge in [-0.3, -0.25) is 9.48 Å². The number of amides is 1. The van der Waals surface area contributed by atoms with Crippen molar-refractivity contribution < 1.29 is 4.79 Å². The van der Waals surface area contributed by atoms with E-state index in [2.05, 4.69) is 45.3 Å². The number of aromatic amines is 1. The summed E-state index contributed by atoms with van der Waals surface area (Å²) >= 11 is 0. The van der Waals surface area contributed by atoms with Gasteiger partial charge in [-0.05, 0) is 23.3 Å². The first-order chi connectivity index (χ1) is 13.4. The molecule has 28 heavy (non-hydrogen) atoms. The van der Waals surface area contributed by atoms with Crippen LogP contribution in [0, 0.1) is 0 Å². The SMILES string of the molecule is Cn1cc(-c2ncnc3[nH]cc(-c4ccc5c(c4)C(C)(C)CNC5=O)c23)cn1. The molecule has 3 aromatic heterocycles. The molecule has 4 heterocycles. The van der Waals surface area contributed by atoms with Crippen LogP contribution in [-0.4, -0.2) is 37.2 Å². The number of nitrogens with zero attached hydrogens (tertiary/aromatic N) is 4. The Hall–Kier alpha value is -3.48. The molecule has 0 spiro atoms. The van der Waals surface area contributed by atoms with Crippen molar-refractivity contribution in [2.75, 3.05) is 6.54 Å². The van der Waals surface area contributed by atoms with Gasteiger partial charge >= 0.3 is 0 Å². The van der Waals surface area contributed by atoms with Gasteiger partial charge in [0, 0.05) is 48.1 Å². The quantitative estimate of drug-likeness (QED) is 0.566. The molecule has 4 aromatic rings. The van der Waals surface area contributed by atoms with Gasteiger partial charge in [-0.1, -0.05) is 19.9 Å². The molecule has 0 unspecified atom stereocenters. The summed E-state index contributed by atoms with van der Waals surface area (Å²) in [6.07, 6.45) is 7.26. The van der Waals surface area contributed by atoms with Crippen molar-refractivity contribution in [3.63, 3.8) is 0 Å². The fourth-order valence-corrected chi connectivity index (χ4v) is 3.91. The van der Waals surface area contributed by atoms with Crippen LogP contribution in [0.5, 0.6) is 0 Å². The number of carbonyl (C=O) groups is 1. The van der Waals surface area contributed by atoms with Gasteiger partial charge in [0.1, 0.15) is 12.0 Å². The Morgan fingerprint density at radius 1 is 1.14 bits per heavy atom. The summed E-state index contributed by atoms with van der Waals surface area (Å²) in [5, 5.41) is 8.20. The van der Waals surface area contributed by atoms with Crippen LogP contribution in [0.4, 0.5) is 0 Å². The third kappa shape index (κ3) is 2.43. The van der Waals surface area contributed by atoms with Crippen LogP contribution >= 0.6 is 0 Å². The van der Waals surface area contributed by atoms with Gasteiger partial charge in [-0.2, -0.15) is 5.10 Å². The van der Waals surface area contributed by atoms with Crippen LogP contribution in [0.15, 0.2) is 43.1 Å². The molecule has 0 atom stereocenters. The number of aromatic nitrogens is 5. The Kier molecular flexibility index (Phi) is 3.43. The largest absolute Gasteiger partial charge is 0.351 e.